The maximum Gasteiger partial charge on any atom is 0.0431 e. The van der Waals surface area contributed by atoms with E-state index in [1.165, 1.54) is 56.3 Å². The van der Waals surface area contributed by atoms with Crippen LogP contribution in [-0.4, -0.2) is 13.2 Å². The van der Waals surface area contributed by atoms with E-state index >= 15 is 0 Å². The summed E-state index contributed by atoms with van der Waals surface area (Å²) in [5.74, 6) is 0. The molecule has 0 aliphatic heterocycles. The average molecular weight is 511 g/mol. The minimum atomic E-state index is -0.0149. The molecule has 4 heteroatoms. The van der Waals surface area contributed by atoms with Gasteiger partial charge in [0.05, 0.1) is 0 Å². The molecule has 1 atom stereocenters. The molecule has 0 saturated heterocycles. The first-order chi connectivity index (χ1) is 18.5. The zero-order valence-corrected chi connectivity index (χ0v) is 23.7. The molecule has 0 saturated carbocycles. The monoisotopic (exact) mass is 510 g/mol. The minimum Gasteiger partial charge on any atom is -0.405 e. The maximum absolute atomic E-state index is 6.39. The van der Waals surface area contributed by atoms with Gasteiger partial charge in [0.15, 0.2) is 0 Å². The largest absolute Gasteiger partial charge is 0.405 e. The van der Waals surface area contributed by atoms with Gasteiger partial charge < -0.3 is 22.5 Å². The Morgan fingerprint density at radius 3 is 2.18 bits per heavy atom. The number of nitrogens with one attached hydrogen (secondary N) is 1. The molecule has 0 aromatic heterocycles. The van der Waals surface area contributed by atoms with E-state index < -0.39 is 0 Å². The molecular weight excluding hydrogens is 464 g/mol. The number of allylic oxidation sites excluding steroid dienone is 6. The summed E-state index contributed by atoms with van der Waals surface area (Å²) in [4.78, 5) is 0. The Hall–Kier alpha value is -3.34. The number of nitrogens with two attached hydrogens (primary N) is 3. The molecule has 0 amide bonds. The third kappa shape index (κ3) is 5.72. The van der Waals surface area contributed by atoms with Gasteiger partial charge in [0.25, 0.3) is 0 Å². The SMILES string of the molecule is C=CN.CC.CCC1(C)c2cc(C3=CCCC=C3CNCN)ccc2-c2ccc(C3=C(N)CCC=C3)cc21. The van der Waals surface area contributed by atoms with Gasteiger partial charge in [0.2, 0.25) is 0 Å². The predicted molar refractivity (Wildman–Crippen MR) is 166 cm³/mol. The Labute approximate surface area is 230 Å². The van der Waals surface area contributed by atoms with Gasteiger partial charge in [-0.3, -0.25) is 0 Å². The molecule has 2 aromatic rings. The van der Waals surface area contributed by atoms with E-state index in [9.17, 15) is 0 Å². The van der Waals surface area contributed by atoms with Crippen LogP contribution in [-0.2, 0) is 5.41 Å². The summed E-state index contributed by atoms with van der Waals surface area (Å²) in [7, 11) is 0. The Morgan fingerprint density at radius 2 is 1.58 bits per heavy atom. The van der Waals surface area contributed by atoms with Gasteiger partial charge in [-0.25, -0.2) is 0 Å². The van der Waals surface area contributed by atoms with Crippen molar-refractivity contribution in [2.45, 2.75) is 65.2 Å². The van der Waals surface area contributed by atoms with Crippen molar-refractivity contribution < 1.29 is 0 Å². The van der Waals surface area contributed by atoms with Crippen molar-refractivity contribution in [1.29, 1.82) is 0 Å². The number of fused-ring (bicyclic) bond motifs is 3. The van der Waals surface area contributed by atoms with Gasteiger partial charge in [-0.05, 0) is 95.0 Å². The first-order valence-corrected chi connectivity index (χ1v) is 14.1. The van der Waals surface area contributed by atoms with Crippen molar-refractivity contribution in [3.05, 3.63) is 107 Å². The van der Waals surface area contributed by atoms with Crippen LogP contribution in [0.5, 0.6) is 0 Å². The van der Waals surface area contributed by atoms with Crippen LogP contribution in [0.4, 0.5) is 0 Å². The van der Waals surface area contributed by atoms with Crippen LogP contribution in [0.15, 0.2) is 84.8 Å². The van der Waals surface area contributed by atoms with E-state index in [-0.39, 0.29) is 5.41 Å². The molecule has 1 unspecified atom stereocenters. The molecule has 38 heavy (non-hydrogen) atoms. The quantitative estimate of drug-likeness (QED) is 0.311. The van der Waals surface area contributed by atoms with E-state index in [2.05, 4.69) is 92.2 Å². The van der Waals surface area contributed by atoms with Gasteiger partial charge in [-0.15, -0.1) is 0 Å². The molecule has 3 aliphatic carbocycles. The number of benzene rings is 2. The van der Waals surface area contributed by atoms with Crippen LogP contribution in [0, 0.1) is 0 Å². The van der Waals surface area contributed by atoms with E-state index in [1.54, 1.807) is 0 Å². The summed E-state index contributed by atoms with van der Waals surface area (Å²) in [5.41, 5.74) is 29.7. The van der Waals surface area contributed by atoms with Crippen LogP contribution in [0.3, 0.4) is 0 Å². The van der Waals surface area contributed by atoms with Crippen molar-refractivity contribution in [1.82, 2.24) is 5.32 Å². The smallest absolute Gasteiger partial charge is 0.0431 e. The van der Waals surface area contributed by atoms with Crippen molar-refractivity contribution in [3.8, 4) is 11.1 Å². The number of hydrogen-bond acceptors (Lipinski definition) is 4. The van der Waals surface area contributed by atoms with Gasteiger partial charge in [0.1, 0.15) is 0 Å². The van der Waals surface area contributed by atoms with Crippen LogP contribution >= 0.6 is 0 Å². The van der Waals surface area contributed by atoms with E-state index in [4.69, 9.17) is 11.5 Å². The van der Waals surface area contributed by atoms with Gasteiger partial charge in [0, 0.05) is 29.9 Å². The maximum atomic E-state index is 6.39. The standard InChI is InChI=1S/C30H35N3.C2H5N.C2H6/c1-3-30(2)27-16-20(23-9-5-4-8-22(23)18-33-19-31)12-14-25(27)26-15-13-21(17-28(26)30)24-10-6-7-11-29(24)32;1-2-3;1-2/h6,8-10,12-17,33H,3-5,7,11,18-19,31-32H2,1-2H3;2H,1,3H2;1-2H3. The van der Waals surface area contributed by atoms with Crippen molar-refractivity contribution in [3.63, 3.8) is 0 Å². The molecular formula is C34H46N4. The highest BCUT2D eigenvalue weighted by molar-refractivity contribution is 5.88. The average Bonchev–Trinajstić information content (AvgIpc) is 3.21. The van der Waals surface area contributed by atoms with Crippen molar-refractivity contribution in [2.24, 2.45) is 17.2 Å². The third-order valence-corrected chi connectivity index (χ3v) is 7.77. The lowest BCUT2D eigenvalue weighted by atomic mass is 9.76. The Balaban J connectivity index is 0.000000748. The fourth-order valence-corrected chi connectivity index (χ4v) is 5.70. The van der Waals surface area contributed by atoms with Crippen LogP contribution in [0.1, 0.15) is 82.1 Å². The normalized spacial score (nSPS) is 19.2. The fraction of sp³-hybridized carbons (Fsp3) is 0.353. The molecule has 0 radical (unpaired) electrons. The molecule has 5 rings (SSSR count). The lowest BCUT2D eigenvalue weighted by molar-refractivity contribution is 0.564. The summed E-state index contributed by atoms with van der Waals surface area (Å²) in [6.07, 6.45) is 15.7. The molecule has 202 valence electrons. The molecule has 3 aliphatic rings. The van der Waals surface area contributed by atoms with Crippen LogP contribution < -0.4 is 22.5 Å². The van der Waals surface area contributed by atoms with Gasteiger partial charge in [-0.2, -0.15) is 0 Å². The van der Waals surface area contributed by atoms with Crippen LogP contribution in [0.25, 0.3) is 22.3 Å². The lowest BCUT2D eigenvalue weighted by Gasteiger charge is -2.27. The first kappa shape index (κ1) is 29.2. The fourth-order valence-electron chi connectivity index (χ4n) is 5.70. The first-order valence-electron chi connectivity index (χ1n) is 14.1. The molecule has 4 nitrogen and oxygen atoms in total. The topological polar surface area (TPSA) is 90.1 Å². The highest BCUT2D eigenvalue weighted by Crippen LogP contribution is 2.52. The molecule has 0 fully saturated rings. The highest BCUT2D eigenvalue weighted by atomic mass is 14.9. The number of rotatable bonds is 6. The molecule has 7 N–H and O–H groups in total. The molecule has 0 bridgehead atoms. The van der Waals surface area contributed by atoms with Crippen molar-refractivity contribution in [2.75, 3.05) is 13.2 Å². The van der Waals surface area contributed by atoms with Gasteiger partial charge >= 0.3 is 0 Å². The zero-order chi connectivity index (χ0) is 27.7. The molecule has 2 aromatic carbocycles. The lowest BCUT2D eigenvalue weighted by Crippen LogP contribution is -2.25. The molecule has 0 spiro atoms. The Morgan fingerprint density at radius 1 is 0.974 bits per heavy atom. The highest BCUT2D eigenvalue weighted by Gasteiger charge is 2.38. The summed E-state index contributed by atoms with van der Waals surface area (Å²) in [6, 6.07) is 14.0. The summed E-state index contributed by atoms with van der Waals surface area (Å²) < 4.78 is 0. The number of hydrogen-bond donors (Lipinski definition) is 4. The zero-order valence-electron chi connectivity index (χ0n) is 23.7. The molecule has 0 heterocycles. The summed E-state index contributed by atoms with van der Waals surface area (Å²) >= 11 is 0. The second kappa shape index (κ2) is 13.5. The van der Waals surface area contributed by atoms with E-state index in [1.807, 2.05) is 13.8 Å². The minimum absolute atomic E-state index is 0.0149. The Kier molecular flexibility index (Phi) is 10.3. The van der Waals surface area contributed by atoms with Crippen LogP contribution in [0.2, 0.25) is 0 Å². The third-order valence-electron chi connectivity index (χ3n) is 7.77. The summed E-state index contributed by atoms with van der Waals surface area (Å²) in [5, 5.41) is 3.30. The summed E-state index contributed by atoms with van der Waals surface area (Å²) in [6.45, 7) is 13.2. The van der Waals surface area contributed by atoms with Gasteiger partial charge in [-0.1, -0.05) is 82.8 Å². The van der Waals surface area contributed by atoms with E-state index in [0.29, 0.717) is 6.67 Å². The Bertz CT molecular complexity index is 1260. The van der Waals surface area contributed by atoms with Crippen molar-refractivity contribution >= 4 is 11.1 Å². The second-order valence-corrected chi connectivity index (χ2v) is 9.88. The predicted octanol–water partition coefficient (Wildman–Crippen LogP) is 7.13. The second-order valence-electron chi connectivity index (χ2n) is 9.88. The van der Waals surface area contributed by atoms with E-state index in [0.717, 1.165) is 44.3 Å².